The second-order valence-corrected chi connectivity index (χ2v) is 6.69. The average Bonchev–Trinajstić information content (AvgIpc) is 2.68. The number of carbonyl (C=O) groups excluding carboxylic acids is 1. The van der Waals surface area contributed by atoms with Crippen LogP contribution >= 0.6 is 23.4 Å². The summed E-state index contributed by atoms with van der Waals surface area (Å²) in [6.07, 6.45) is 3.43. The number of benzene rings is 2. The molecule has 1 amide bonds. The summed E-state index contributed by atoms with van der Waals surface area (Å²) in [4.78, 5) is 20.8. The average molecular weight is 386 g/mol. The lowest BCUT2D eigenvalue weighted by atomic mass is 10.1. The minimum atomic E-state index is -0.226. The van der Waals surface area contributed by atoms with Crippen LogP contribution in [0.15, 0.2) is 66.1 Å². The van der Waals surface area contributed by atoms with E-state index in [0.717, 1.165) is 16.5 Å². The van der Waals surface area contributed by atoms with Crippen molar-refractivity contribution < 1.29 is 9.53 Å². The summed E-state index contributed by atoms with van der Waals surface area (Å²) >= 11 is 7.53. The molecule has 0 aliphatic rings. The number of hydrogen-bond acceptors (Lipinski definition) is 5. The molecular weight excluding hydrogens is 370 g/mol. The van der Waals surface area contributed by atoms with E-state index in [0.29, 0.717) is 22.0 Å². The van der Waals surface area contributed by atoms with Crippen LogP contribution in [0.1, 0.15) is 15.9 Å². The number of methoxy groups -OCH3 is 1. The molecule has 1 aromatic heterocycles. The minimum Gasteiger partial charge on any atom is -0.495 e. The van der Waals surface area contributed by atoms with Gasteiger partial charge in [0, 0.05) is 28.7 Å². The van der Waals surface area contributed by atoms with Crippen molar-refractivity contribution in [3.05, 3.63) is 77.1 Å². The van der Waals surface area contributed by atoms with Crippen molar-refractivity contribution in [2.45, 2.75) is 10.9 Å². The summed E-state index contributed by atoms with van der Waals surface area (Å²) < 4.78 is 5.24. The standard InChI is InChI=1S/C19H16ClN3O2S/c1-25-17-8-7-15(20)11-16(17)23-18(24)14-5-3-13(4-6-14)12-26-19-21-9-2-10-22-19/h2-11H,12H2,1H3,(H,23,24). The van der Waals surface area contributed by atoms with E-state index >= 15 is 0 Å². The lowest BCUT2D eigenvalue weighted by molar-refractivity contribution is 0.102. The Morgan fingerprint density at radius 2 is 1.88 bits per heavy atom. The first-order valence-electron chi connectivity index (χ1n) is 7.79. The molecule has 0 atom stereocenters. The number of nitrogens with zero attached hydrogens (tertiary/aromatic N) is 2. The molecule has 3 aromatic rings. The Labute approximate surface area is 160 Å². The zero-order valence-corrected chi connectivity index (χ0v) is 15.6. The van der Waals surface area contributed by atoms with Gasteiger partial charge in [-0.3, -0.25) is 4.79 Å². The number of aromatic nitrogens is 2. The molecule has 0 aliphatic carbocycles. The Bertz CT molecular complexity index is 889. The number of rotatable bonds is 6. The van der Waals surface area contributed by atoms with Crippen molar-refractivity contribution in [2.75, 3.05) is 12.4 Å². The van der Waals surface area contributed by atoms with Gasteiger partial charge in [0.05, 0.1) is 12.8 Å². The Hall–Kier alpha value is -2.57. The van der Waals surface area contributed by atoms with Crippen LogP contribution in [-0.4, -0.2) is 23.0 Å². The highest BCUT2D eigenvalue weighted by atomic mass is 35.5. The zero-order chi connectivity index (χ0) is 18.4. The molecule has 0 saturated carbocycles. The van der Waals surface area contributed by atoms with E-state index in [4.69, 9.17) is 16.3 Å². The molecular formula is C19H16ClN3O2S. The fourth-order valence-corrected chi connectivity index (χ4v) is 3.16. The third-order valence-electron chi connectivity index (χ3n) is 3.54. The Morgan fingerprint density at radius 1 is 1.15 bits per heavy atom. The van der Waals surface area contributed by atoms with Crippen LogP contribution < -0.4 is 10.1 Å². The summed E-state index contributed by atoms with van der Waals surface area (Å²) in [6, 6.07) is 14.3. The van der Waals surface area contributed by atoms with Gasteiger partial charge < -0.3 is 10.1 Å². The first kappa shape index (κ1) is 18.2. The highest BCUT2D eigenvalue weighted by Gasteiger charge is 2.10. The molecule has 0 bridgehead atoms. The number of thioether (sulfide) groups is 1. The zero-order valence-electron chi connectivity index (χ0n) is 14.0. The van der Waals surface area contributed by atoms with Gasteiger partial charge in [0.1, 0.15) is 5.75 Å². The molecule has 0 unspecified atom stereocenters. The van der Waals surface area contributed by atoms with Crippen LogP contribution in [0.4, 0.5) is 5.69 Å². The van der Waals surface area contributed by atoms with E-state index in [1.165, 1.54) is 0 Å². The van der Waals surface area contributed by atoms with Crippen molar-refractivity contribution in [3.63, 3.8) is 0 Å². The molecule has 0 aliphatic heterocycles. The van der Waals surface area contributed by atoms with Crippen LogP contribution in [0.5, 0.6) is 5.75 Å². The van der Waals surface area contributed by atoms with Gasteiger partial charge in [0.15, 0.2) is 5.16 Å². The van der Waals surface area contributed by atoms with Crippen molar-refractivity contribution in [2.24, 2.45) is 0 Å². The summed E-state index contributed by atoms with van der Waals surface area (Å²) in [6.45, 7) is 0. The van der Waals surface area contributed by atoms with Crippen LogP contribution in [-0.2, 0) is 5.75 Å². The maximum atomic E-state index is 12.4. The highest BCUT2D eigenvalue weighted by Crippen LogP contribution is 2.28. The van der Waals surface area contributed by atoms with Gasteiger partial charge in [-0.25, -0.2) is 9.97 Å². The highest BCUT2D eigenvalue weighted by molar-refractivity contribution is 7.98. The molecule has 0 saturated heterocycles. The summed E-state index contributed by atoms with van der Waals surface area (Å²) in [5.74, 6) is 1.06. The van der Waals surface area contributed by atoms with E-state index in [1.807, 2.05) is 12.1 Å². The molecule has 26 heavy (non-hydrogen) atoms. The smallest absolute Gasteiger partial charge is 0.255 e. The van der Waals surface area contributed by atoms with Gasteiger partial charge in [-0.1, -0.05) is 35.5 Å². The first-order valence-corrected chi connectivity index (χ1v) is 9.16. The molecule has 3 rings (SSSR count). The number of carbonyl (C=O) groups is 1. The summed E-state index contributed by atoms with van der Waals surface area (Å²) in [7, 11) is 1.54. The second-order valence-electron chi connectivity index (χ2n) is 5.32. The summed E-state index contributed by atoms with van der Waals surface area (Å²) in [5, 5.41) is 4.07. The number of ether oxygens (including phenoxy) is 1. The maximum Gasteiger partial charge on any atom is 0.255 e. The van der Waals surface area contributed by atoms with Gasteiger partial charge >= 0.3 is 0 Å². The first-order chi connectivity index (χ1) is 12.7. The number of nitrogens with one attached hydrogen (secondary N) is 1. The SMILES string of the molecule is COc1ccc(Cl)cc1NC(=O)c1ccc(CSc2ncccn2)cc1. The van der Waals surface area contributed by atoms with Crippen molar-refractivity contribution in [1.29, 1.82) is 0 Å². The van der Waals surface area contributed by atoms with E-state index in [-0.39, 0.29) is 5.91 Å². The maximum absolute atomic E-state index is 12.4. The van der Waals surface area contributed by atoms with Gasteiger partial charge in [-0.05, 0) is 42.0 Å². The lowest BCUT2D eigenvalue weighted by Gasteiger charge is -2.11. The van der Waals surface area contributed by atoms with E-state index < -0.39 is 0 Å². The molecule has 0 radical (unpaired) electrons. The molecule has 0 fully saturated rings. The van der Waals surface area contributed by atoms with Crippen LogP contribution in [0.3, 0.4) is 0 Å². The van der Waals surface area contributed by atoms with E-state index in [9.17, 15) is 4.79 Å². The molecule has 1 N–H and O–H groups in total. The number of anilines is 1. The summed E-state index contributed by atoms with van der Waals surface area (Å²) in [5.41, 5.74) is 2.17. The predicted molar refractivity (Wildman–Crippen MR) is 104 cm³/mol. The van der Waals surface area contributed by atoms with Crippen molar-refractivity contribution in [3.8, 4) is 5.75 Å². The fourth-order valence-electron chi connectivity index (χ4n) is 2.23. The molecule has 5 nitrogen and oxygen atoms in total. The Kier molecular flexibility index (Phi) is 6.09. The largest absolute Gasteiger partial charge is 0.495 e. The quantitative estimate of drug-likeness (QED) is 0.493. The molecule has 2 aromatic carbocycles. The number of amides is 1. The predicted octanol–water partition coefficient (Wildman–Crippen LogP) is 4.68. The van der Waals surface area contributed by atoms with Gasteiger partial charge in [-0.15, -0.1) is 0 Å². The Morgan fingerprint density at radius 3 is 2.58 bits per heavy atom. The van der Waals surface area contributed by atoms with Crippen LogP contribution in [0.2, 0.25) is 5.02 Å². The van der Waals surface area contributed by atoms with E-state index in [1.54, 1.807) is 67.7 Å². The fraction of sp³-hybridized carbons (Fsp3) is 0.105. The van der Waals surface area contributed by atoms with Gasteiger partial charge in [0.25, 0.3) is 5.91 Å². The van der Waals surface area contributed by atoms with Crippen LogP contribution in [0, 0.1) is 0 Å². The molecule has 1 heterocycles. The molecule has 7 heteroatoms. The molecule has 132 valence electrons. The Balaban J connectivity index is 1.64. The third kappa shape index (κ3) is 4.74. The lowest BCUT2D eigenvalue weighted by Crippen LogP contribution is -2.12. The van der Waals surface area contributed by atoms with Crippen molar-refractivity contribution >= 4 is 35.0 Å². The van der Waals surface area contributed by atoms with Gasteiger partial charge in [-0.2, -0.15) is 0 Å². The van der Waals surface area contributed by atoms with E-state index in [2.05, 4.69) is 15.3 Å². The monoisotopic (exact) mass is 385 g/mol. The minimum absolute atomic E-state index is 0.226. The second kappa shape index (κ2) is 8.69. The molecule has 0 spiro atoms. The normalized spacial score (nSPS) is 10.4. The number of halogens is 1. The third-order valence-corrected chi connectivity index (χ3v) is 4.72. The van der Waals surface area contributed by atoms with Crippen molar-refractivity contribution in [1.82, 2.24) is 9.97 Å². The number of hydrogen-bond donors (Lipinski definition) is 1. The van der Waals surface area contributed by atoms with Crippen LogP contribution in [0.25, 0.3) is 0 Å². The van der Waals surface area contributed by atoms with Gasteiger partial charge in [0.2, 0.25) is 0 Å². The topological polar surface area (TPSA) is 64.1 Å².